The maximum absolute atomic E-state index is 11.8. The van der Waals surface area contributed by atoms with Gasteiger partial charge in [-0.2, -0.15) is 0 Å². The van der Waals surface area contributed by atoms with Gasteiger partial charge in [0.2, 0.25) is 0 Å². The summed E-state index contributed by atoms with van der Waals surface area (Å²) in [7, 11) is 1.15. The lowest BCUT2D eigenvalue weighted by Crippen LogP contribution is -2.37. The number of amides is 1. The predicted molar refractivity (Wildman–Crippen MR) is 69.9 cm³/mol. The van der Waals surface area contributed by atoms with Gasteiger partial charge in [0.25, 0.3) is 11.6 Å². The molecule has 1 rings (SSSR count). The van der Waals surface area contributed by atoms with Crippen molar-refractivity contribution in [2.75, 3.05) is 20.3 Å². The number of nitrogens with zero attached hydrogens (tertiary/aromatic N) is 3. The number of nitrogens with one attached hydrogen (secondary N) is 1. The highest BCUT2D eigenvalue weighted by Crippen LogP contribution is 2.12. The molecule has 1 amide bonds. The molecule has 0 bridgehead atoms. The van der Waals surface area contributed by atoms with Crippen LogP contribution in [0.25, 0.3) is 0 Å². The Kier molecular flexibility index (Phi) is 5.74. The normalized spacial score (nSPS) is 9.57. The van der Waals surface area contributed by atoms with E-state index in [-0.39, 0.29) is 17.9 Å². The minimum Gasteiger partial charge on any atom is -0.468 e. The van der Waals surface area contributed by atoms with Crippen LogP contribution in [0, 0.1) is 15.0 Å². The molecular formula is C11H12N4O6. The van der Waals surface area contributed by atoms with Crippen LogP contribution >= 0.6 is 0 Å². The summed E-state index contributed by atoms with van der Waals surface area (Å²) in [6.45, 7) is -0.755. The fraction of sp³-hybridized carbons (Fsp3) is 0.273. The van der Waals surface area contributed by atoms with Crippen molar-refractivity contribution in [3.8, 4) is 0 Å². The van der Waals surface area contributed by atoms with Crippen LogP contribution < -0.4 is 5.32 Å². The van der Waals surface area contributed by atoms with Crippen LogP contribution in [0.3, 0.4) is 0 Å². The highest BCUT2D eigenvalue weighted by Gasteiger charge is 2.14. The van der Waals surface area contributed by atoms with Gasteiger partial charge >= 0.3 is 5.97 Å². The average molecular weight is 296 g/mol. The Labute approximate surface area is 118 Å². The summed E-state index contributed by atoms with van der Waals surface area (Å²) in [6, 6.07) is 5.07. The Balaban J connectivity index is 2.64. The summed E-state index contributed by atoms with van der Waals surface area (Å²) in [5, 5.41) is 16.2. The molecule has 0 aliphatic rings. The van der Waals surface area contributed by atoms with Gasteiger partial charge in [-0.15, -0.1) is 4.91 Å². The highest BCUT2D eigenvalue weighted by atomic mass is 16.6. The minimum atomic E-state index is -0.695. The second-order valence-corrected chi connectivity index (χ2v) is 3.79. The van der Waals surface area contributed by atoms with Crippen molar-refractivity contribution in [3.63, 3.8) is 0 Å². The first kappa shape index (κ1) is 16.0. The lowest BCUT2D eigenvalue weighted by atomic mass is 10.2. The van der Waals surface area contributed by atoms with E-state index in [1.54, 1.807) is 0 Å². The zero-order chi connectivity index (χ0) is 15.8. The third-order valence-electron chi connectivity index (χ3n) is 2.40. The topological polar surface area (TPSA) is 131 Å². The molecule has 0 heterocycles. The van der Waals surface area contributed by atoms with Crippen LogP contribution in [0.5, 0.6) is 0 Å². The lowest BCUT2D eigenvalue weighted by Gasteiger charge is -2.14. The molecule has 0 unspecified atom stereocenters. The van der Waals surface area contributed by atoms with Gasteiger partial charge in [0, 0.05) is 17.7 Å². The Bertz CT molecular complexity index is 561. The number of benzene rings is 1. The van der Waals surface area contributed by atoms with E-state index in [1.807, 2.05) is 0 Å². The van der Waals surface area contributed by atoms with Crippen molar-refractivity contribution in [2.45, 2.75) is 0 Å². The first-order valence-corrected chi connectivity index (χ1v) is 5.65. The number of non-ortho nitro benzene ring substituents is 1. The quantitative estimate of drug-likeness (QED) is 0.254. The zero-order valence-electron chi connectivity index (χ0n) is 11.0. The van der Waals surface area contributed by atoms with E-state index in [4.69, 9.17) is 0 Å². The Morgan fingerprint density at radius 3 is 2.76 bits per heavy atom. The SMILES string of the molecule is COC(=O)CN(CNC(=O)c1cccc([N+](=O)[O-])c1)N=O. The zero-order valence-corrected chi connectivity index (χ0v) is 11.0. The molecule has 1 aromatic rings. The van der Waals surface area contributed by atoms with E-state index in [9.17, 15) is 24.6 Å². The van der Waals surface area contributed by atoms with E-state index in [2.05, 4.69) is 15.3 Å². The number of carbonyl (C=O) groups is 2. The Morgan fingerprint density at radius 2 is 2.19 bits per heavy atom. The maximum Gasteiger partial charge on any atom is 0.327 e. The number of nitroso groups, excluding NO2 is 1. The number of esters is 1. The van der Waals surface area contributed by atoms with Crippen LogP contribution in [-0.2, 0) is 9.53 Å². The summed E-state index contributed by atoms with van der Waals surface area (Å²) < 4.78 is 4.35. The fourth-order valence-corrected chi connectivity index (χ4v) is 1.35. The average Bonchev–Trinajstić information content (AvgIpc) is 2.50. The molecule has 21 heavy (non-hydrogen) atoms. The molecule has 0 saturated carbocycles. The Hall–Kier alpha value is -3.04. The van der Waals surface area contributed by atoms with E-state index >= 15 is 0 Å². The highest BCUT2D eigenvalue weighted by molar-refractivity contribution is 5.94. The number of hydrogen-bond donors (Lipinski definition) is 1. The second-order valence-electron chi connectivity index (χ2n) is 3.79. The first-order chi connectivity index (χ1) is 9.97. The molecule has 0 aromatic heterocycles. The number of rotatable bonds is 7. The summed E-state index contributed by atoms with van der Waals surface area (Å²) in [6.07, 6.45) is 0. The maximum atomic E-state index is 11.8. The molecule has 112 valence electrons. The van der Waals surface area contributed by atoms with Crippen LogP contribution in [0.15, 0.2) is 29.6 Å². The van der Waals surface area contributed by atoms with Gasteiger partial charge in [-0.3, -0.25) is 19.7 Å². The predicted octanol–water partition coefficient (Wildman–Crippen LogP) is 0.438. The fourth-order valence-electron chi connectivity index (χ4n) is 1.35. The van der Waals surface area contributed by atoms with E-state index in [0.29, 0.717) is 0 Å². The monoisotopic (exact) mass is 296 g/mol. The molecule has 0 fully saturated rings. The standard InChI is InChI=1S/C11H12N4O6/c1-21-10(16)6-14(13-18)7-12-11(17)8-3-2-4-9(5-8)15(19)20/h2-5H,6-7H2,1H3,(H,12,17). The molecule has 1 N–H and O–H groups in total. The van der Waals surface area contributed by atoms with E-state index < -0.39 is 23.3 Å². The molecule has 0 atom stereocenters. The van der Waals surface area contributed by atoms with Crippen molar-refractivity contribution >= 4 is 17.6 Å². The second kappa shape index (κ2) is 7.53. The van der Waals surface area contributed by atoms with Crippen molar-refractivity contribution in [1.29, 1.82) is 0 Å². The smallest absolute Gasteiger partial charge is 0.327 e. The molecule has 1 aromatic carbocycles. The van der Waals surface area contributed by atoms with E-state index in [1.165, 1.54) is 18.2 Å². The van der Waals surface area contributed by atoms with Crippen molar-refractivity contribution in [1.82, 2.24) is 10.3 Å². The molecule has 0 aliphatic heterocycles. The molecule has 0 radical (unpaired) electrons. The van der Waals surface area contributed by atoms with Crippen LogP contribution in [0.4, 0.5) is 5.69 Å². The molecule has 0 aliphatic carbocycles. The van der Waals surface area contributed by atoms with Gasteiger partial charge in [-0.05, 0) is 6.07 Å². The van der Waals surface area contributed by atoms with Crippen molar-refractivity contribution < 1.29 is 19.2 Å². The van der Waals surface area contributed by atoms with Gasteiger partial charge in [-0.1, -0.05) is 6.07 Å². The van der Waals surface area contributed by atoms with Crippen molar-refractivity contribution in [2.24, 2.45) is 5.29 Å². The molecule has 10 heteroatoms. The first-order valence-electron chi connectivity index (χ1n) is 5.65. The summed E-state index contributed by atoms with van der Waals surface area (Å²) in [4.78, 5) is 43.2. The number of hydrogen-bond acceptors (Lipinski definition) is 7. The van der Waals surface area contributed by atoms with Crippen molar-refractivity contribution in [3.05, 3.63) is 44.9 Å². The van der Waals surface area contributed by atoms with Crippen LogP contribution in [0.1, 0.15) is 10.4 Å². The van der Waals surface area contributed by atoms with Crippen LogP contribution in [-0.4, -0.2) is 42.1 Å². The lowest BCUT2D eigenvalue weighted by molar-refractivity contribution is -0.384. The summed E-state index contributed by atoms with van der Waals surface area (Å²) in [5.41, 5.74) is -0.185. The van der Waals surface area contributed by atoms with Gasteiger partial charge in [-0.25, -0.2) is 5.01 Å². The third-order valence-corrected chi connectivity index (χ3v) is 2.40. The van der Waals surface area contributed by atoms with Gasteiger partial charge in [0.1, 0.15) is 13.2 Å². The number of nitro benzene ring substituents is 1. The molecule has 0 saturated heterocycles. The molecular weight excluding hydrogens is 284 g/mol. The number of carbonyl (C=O) groups excluding carboxylic acids is 2. The molecule has 0 spiro atoms. The van der Waals surface area contributed by atoms with Gasteiger partial charge in [0.15, 0.2) is 0 Å². The van der Waals surface area contributed by atoms with Crippen LogP contribution in [0.2, 0.25) is 0 Å². The summed E-state index contributed by atoms with van der Waals surface area (Å²) >= 11 is 0. The Morgan fingerprint density at radius 1 is 1.48 bits per heavy atom. The summed E-state index contributed by atoms with van der Waals surface area (Å²) in [5.74, 6) is -1.34. The molecule has 10 nitrogen and oxygen atoms in total. The largest absolute Gasteiger partial charge is 0.468 e. The number of nitro groups is 1. The number of ether oxygens (including phenoxy) is 1. The minimum absolute atomic E-state index is 0.0492. The van der Waals surface area contributed by atoms with Gasteiger partial charge in [0.05, 0.1) is 17.3 Å². The number of methoxy groups -OCH3 is 1. The third kappa shape index (κ3) is 4.86. The van der Waals surface area contributed by atoms with E-state index in [0.717, 1.165) is 18.2 Å². The van der Waals surface area contributed by atoms with Gasteiger partial charge < -0.3 is 10.1 Å².